The third kappa shape index (κ3) is 4.94. The lowest BCUT2D eigenvalue weighted by Crippen LogP contribution is -2.49. The van der Waals surface area contributed by atoms with E-state index in [0.29, 0.717) is 34.8 Å². The van der Waals surface area contributed by atoms with Gasteiger partial charge in [-0.15, -0.1) is 0 Å². The molecule has 1 saturated heterocycles. The molecule has 4 aromatic rings. The maximum Gasteiger partial charge on any atom is 0.407 e. The Kier molecular flexibility index (Phi) is 6.80. The second-order valence-corrected chi connectivity index (χ2v) is 10.1. The van der Waals surface area contributed by atoms with E-state index in [0.717, 1.165) is 21.3 Å². The van der Waals surface area contributed by atoms with Crippen molar-refractivity contribution in [2.75, 3.05) is 13.1 Å². The van der Waals surface area contributed by atoms with E-state index in [1.165, 1.54) is 28.1 Å². The predicted octanol–water partition coefficient (Wildman–Crippen LogP) is 2.58. The van der Waals surface area contributed by atoms with Crippen molar-refractivity contribution in [1.29, 1.82) is 0 Å². The number of hydrogen-bond acceptors (Lipinski definition) is 6. The summed E-state index contributed by atoms with van der Waals surface area (Å²) in [5.74, 6) is 0. The molecule has 1 aromatic carbocycles. The first kappa shape index (κ1) is 25.7. The van der Waals surface area contributed by atoms with Crippen molar-refractivity contribution in [3.63, 3.8) is 0 Å². The number of benzene rings is 1. The Morgan fingerprint density at radius 2 is 2.03 bits per heavy atom. The van der Waals surface area contributed by atoms with Crippen LogP contribution in [0.2, 0.25) is 5.02 Å². The Labute approximate surface area is 222 Å². The highest BCUT2D eigenvalue weighted by atomic mass is 35.5. The first-order valence-corrected chi connectivity index (χ1v) is 12.5. The lowest BCUT2D eigenvalue weighted by Gasteiger charge is -2.35. The maximum absolute atomic E-state index is 12.5. The molecule has 1 aliphatic heterocycles. The second-order valence-electron chi connectivity index (χ2n) is 9.63. The van der Waals surface area contributed by atoms with Crippen LogP contribution in [-0.2, 0) is 24.8 Å². The monoisotopic (exact) mass is 538 g/mol. The van der Waals surface area contributed by atoms with Crippen molar-refractivity contribution in [3.8, 4) is 11.3 Å². The van der Waals surface area contributed by atoms with Crippen LogP contribution in [0.1, 0.15) is 23.6 Å². The summed E-state index contributed by atoms with van der Waals surface area (Å²) >= 11 is 6.47. The molecule has 0 spiro atoms. The fourth-order valence-electron chi connectivity index (χ4n) is 5.02. The number of aromatic nitrogens is 5. The number of halogens is 1. The van der Waals surface area contributed by atoms with Crippen molar-refractivity contribution in [2.24, 2.45) is 7.05 Å². The number of aryl methyl sites for hydroxylation is 2. The molecule has 11 nitrogen and oxygen atoms in total. The van der Waals surface area contributed by atoms with Gasteiger partial charge in [0.1, 0.15) is 6.33 Å². The lowest BCUT2D eigenvalue weighted by molar-refractivity contribution is -0.0682. The van der Waals surface area contributed by atoms with Crippen LogP contribution >= 0.6 is 11.6 Å². The van der Waals surface area contributed by atoms with Crippen LogP contribution in [0.3, 0.4) is 0 Å². The van der Waals surface area contributed by atoms with Gasteiger partial charge in [-0.2, -0.15) is 5.10 Å². The second kappa shape index (κ2) is 10.1. The van der Waals surface area contributed by atoms with Gasteiger partial charge >= 0.3 is 11.8 Å². The molecule has 4 heterocycles. The van der Waals surface area contributed by atoms with E-state index >= 15 is 0 Å². The number of amides is 1. The molecule has 0 bridgehead atoms. The van der Waals surface area contributed by atoms with E-state index in [1.54, 1.807) is 17.8 Å². The molecule has 2 atom stereocenters. The number of morpholine rings is 1. The Bertz CT molecular complexity index is 1660. The van der Waals surface area contributed by atoms with Gasteiger partial charge in [0.05, 0.1) is 43.1 Å². The number of carbonyl (C=O) groups is 1. The molecule has 1 unspecified atom stereocenters. The molecule has 12 heteroatoms. The number of hydrogen-bond donors (Lipinski definition) is 1. The molecule has 1 N–H and O–H groups in total. The van der Waals surface area contributed by atoms with Crippen molar-refractivity contribution in [1.82, 2.24) is 28.6 Å². The summed E-state index contributed by atoms with van der Waals surface area (Å²) in [7, 11) is 1.59. The van der Waals surface area contributed by atoms with Gasteiger partial charge in [0, 0.05) is 42.5 Å². The summed E-state index contributed by atoms with van der Waals surface area (Å²) < 4.78 is 10.3. The number of rotatable bonds is 5. The molecule has 1 fully saturated rings. The van der Waals surface area contributed by atoms with Crippen LogP contribution in [0.5, 0.6) is 0 Å². The van der Waals surface area contributed by atoms with E-state index in [9.17, 15) is 19.5 Å². The number of ether oxygens (including phenoxy) is 1. The smallest absolute Gasteiger partial charge is 0.407 e. The summed E-state index contributed by atoms with van der Waals surface area (Å²) in [5, 5.41) is 14.4. The highest BCUT2D eigenvalue weighted by Crippen LogP contribution is 2.33. The van der Waals surface area contributed by atoms with Gasteiger partial charge in [-0.25, -0.2) is 19.1 Å². The minimum absolute atomic E-state index is 0.0788. The summed E-state index contributed by atoms with van der Waals surface area (Å²) in [6.45, 7) is 4.47. The number of carboxylic acid groups (broad SMARTS) is 1. The third-order valence-corrected chi connectivity index (χ3v) is 6.98. The Balaban J connectivity index is 1.56. The minimum atomic E-state index is -0.969. The van der Waals surface area contributed by atoms with E-state index < -0.39 is 11.8 Å². The topological polar surface area (TPSA) is 124 Å². The Morgan fingerprint density at radius 1 is 1.24 bits per heavy atom. The van der Waals surface area contributed by atoms with Crippen LogP contribution < -0.4 is 11.2 Å². The predicted molar refractivity (Wildman–Crippen MR) is 141 cm³/mol. The molecule has 198 valence electrons. The van der Waals surface area contributed by atoms with Crippen LogP contribution in [0.4, 0.5) is 4.79 Å². The van der Waals surface area contributed by atoms with Crippen LogP contribution in [0, 0.1) is 6.92 Å². The molecule has 1 amide bonds. The molecule has 38 heavy (non-hydrogen) atoms. The van der Waals surface area contributed by atoms with Gasteiger partial charge in [0.15, 0.2) is 0 Å². The van der Waals surface area contributed by atoms with Gasteiger partial charge in [0.25, 0.3) is 5.56 Å². The first-order valence-electron chi connectivity index (χ1n) is 12.1. The molecule has 0 aliphatic carbocycles. The van der Waals surface area contributed by atoms with Crippen molar-refractivity contribution in [2.45, 2.75) is 39.0 Å². The van der Waals surface area contributed by atoms with Gasteiger partial charge in [0.2, 0.25) is 0 Å². The van der Waals surface area contributed by atoms with Crippen LogP contribution in [-0.4, -0.2) is 65.1 Å². The fraction of sp³-hybridized carbons (Fsp3) is 0.346. The zero-order chi connectivity index (χ0) is 27.1. The van der Waals surface area contributed by atoms with E-state index in [4.69, 9.17) is 16.3 Å². The average molecular weight is 539 g/mol. The summed E-state index contributed by atoms with van der Waals surface area (Å²) in [5.41, 5.74) is 3.86. The summed E-state index contributed by atoms with van der Waals surface area (Å²) in [4.78, 5) is 42.4. The molecule has 5 rings (SSSR count). The van der Waals surface area contributed by atoms with Crippen molar-refractivity contribution < 1.29 is 14.6 Å². The van der Waals surface area contributed by atoms with Crippen molar-refractivity contribution in [3.05, 3.63) is 85.5 Å². The fourth-order valence-corrected chi connectivity index (χ4v) is 5.29. The Hall–Kier alpha value is -3.96. The molecular weight excluding hydrogens is 512 g/mol. The van der Waals surface area contributed by atoms with Gasteiger partial charge in [-0.05, 0) is 48.7 Å². The minimum Gasteiger partial charge on any atom is -0.465 e. The van der Waals surface area contributed by atoms with E-state index in [-0.39, 0.29) is 30.9 Å². The lowest BCUT2D eigenvalue weighted by atomic mass is 9.93. The zero-order valence-electron chi connectivity index (χ0n) is 21.2. The molecule has 3 aromatic heterocycles. The average Bonchev–Trinajstić information content (AvgIpc) is 3.28. The summed E-state index contributed by atoms with van der Waals surface area (Å²) in [6.07, 6.45) is 3.56. The van der Waals surface area contributed by atoms with E-state index in [1.807, 2.05) is 32.0 Å². The standard InChI is InChI=1S/C26H27ClN6O5/c1-15-6-18(27)8-21(20(15)9-19-13-31(26(36)37)10-16(2)38-19)24-22-7-17(12-33(22)29-14-28-24)11-32-23(34)4-5-30(3)25(32)35/h4-8,12,14,16,19H,9-11,13H2,1-3H3,(H,36,37)/t16-,19?/m0/s1. The third-order valence-electron chi connectivity index (χ3n) is 6.76. The largest absolute Gasteiger partial charge is 0.465 e. The van der Waals surface area contributed by atoms with Gasteiger partial charge < -0.3 is 19.3 Å². The number of nitrogens with zero attached hydrogens (tertiary/aromatic N) is 6. The summed E-state index contributed by atoms with van der Waals surface area (Å²) in [6, 6.07) is 6.89. The SMILES string of the molecule is Cc1cc(Cl)cc(-c2ncnn3cc(Cn4c(=O)ccn(C)c4=O)cc23)c1CC1CN(C(=O)O)C[C@H](C)O1. The van der Waals surface area contributed by atoms with Gasteiger partial charge in [-0.3, -0.25) is 9.36 Å². The van der Waals surface area contributed by atoms with Crippen LogP contribution in [0.25, 0.3) is 16.8 Å². The molecule has 1 aliphatic rings. The molecular formula is C26H27ClN6O5. The van der Waals surface area contributed by atoms with Gasteiger partial charge in [-0.1, -0.05) is 11.6 Å². The van der Waals surface area contributed by atoms with Crippen molar-refractivity contribution >= 4 is 23.2 Å². The normalized spacial score (nSPS) is 17.7. The highest BCUT2D eigenvalue weighted by Gasteiger charge is 2.29. The molecule has 0 saturated carbocycles. The quantitative estimate of drug-likeness (QED) is 0.414. The Morgan fingerprint density at radius 3 is 2.79 bits per heavy atom. The molecule has 0 radical (unpaired) electrons. The number of fused-ring (bicyclic) bond motifs is 1. The zero-order valence-corrected chi connectivity index (χ0v) is 21.9. The van der Waals surface area contributed by atoms with Crippen LogP contribution in [0.15, 0.2) is 52.6 Å². The first-order chi connectivity index (χ1) is 18.1. The highest BCUT2D eigenvalue weighted by molar-refractivity contribution is 6.31. The maximum atomic E-state index is 12.5. The van der Waals surface area contributed by atoms with E-state index in [2.05, 4.69) is 10.1 Å².